The van der Waals surface area contributed by atoms with Crippen LogP contribution >= 0.6 is 12.4 Å². The molecule has 0 atom stereocenters. The van der Waals surface area contributed by atoms with E-state index in [2.05, 4.69) is 15.3 Å². The second-order valence-corrected chi connectivity index (χ2v) is 3.39. The maximum absolute atomic E-state index is 11.7. The van der Waals surface area contributed by atoms with Gasteiger partial charge in [0.05, 0.1) is 11.9 Å². The zero-order valence-electron chi connectivity index (χ0n) is 9.59. The predicted molar refractivity (Wildman–Crippen MR) is 69.4 cm³/mol. The Hall–Kier alpha value is -2.88. The maximum Gasteiger partial charge on any atom is 0.345 e. The second kappa shape index (κ2) is 5.84. The van der Waals surface area contributed by atoms with E-state index in [0.717, 1.165) is 12.4 Å². The zero-order valence-corrected chi connectivity index (χ0v) is 10.4. The topological polar surface area (TPSA) is 161 Å². The lowest BCUT2D eigenvalue weighted by Gasteiger charge is -2.04. The van der Waals surface area contributed by atoms with Gasteiger partial charge in [0.15, 0.2) is 5.56 Å². The van der Waals surface area contributed by atoms with E-state index in [-0.39, 0.29) is 18.1 Å². The SMILES string of the molecule is Cl.O=C(Nc1cnc(=O)[nH]c1)c1c(O)[nH]c(=O)[nH]c1=O. The zero-order chi connectivity index (χ0) is 14.0. The fourth-order valence-corrected chi connectivity index (χ4v) is 1.29. The molecule has 0 aliphatic carbocycles. The molecule has 2 aromatic heterocycles. The van der Waals surface area contributed by atoms with Gasteiger partial charge >= 0.3 is 11.4 Å². The highest BCUT2D eigenvalue weighted by Crippen LogP contribution is 2.08. The van der Waals surface area contributed by atoms with Crippen LogP contribution in [-0.2, 0) is 0 Å². The number of nitrogens with zero attached hydrogens (tertiary/aromatic N) is 1. The van der Waals surface area contributed by atoms with E-state index >= 15 is 0 Å². The van der Waals surface area contributed by atoms with Crippen molar-refractivity contribution >= 4 is 24.0 Å². The minimum atomic E-state index is -1.05. The molecular weight excluding hydrogens is 294 g/mol. The fourth-order valence-electron chi connectivity index (χ4n) is 1.29. The van der Waals surface area contributed by atoms with E-state index < -0.39 is 34.3 Å². The van der Waals surface area contributed by atoms with Gasteiger partial charge in [0.2, 0.25) is 5.88 Å². The number of carbonyl (C=O) groups is 1. The first-order chi connectivity index (χ1) is 8.97. The number of rotatable bonds is 2. The molecule has 0 fully saturated rings. The van der Waals surface area contributed by atoms with Crippen molar-refractivity contribution in [3.8, 4) is 5.88 Å². The van der Waals surface area contributed by atoms with Gasteiger partial charge in [-0.25, -0.2) is 9.59 Å². The molecule has 1 amide bonds. The van der Waals surface area contributed by atoms with Crippen LogP contribution in [0.1, 0.15) is 10.4 Å². The number of aromatic nitrogens is 4. The molecule has 0 bridgehead atoms. The Balaban J connectivity index is 0.00000200. The van der Waals surface area contributed by atoms with Crippen LogP contribution in [-0.4, -0.2) is 30.9 Å². The van der Waals surface area contributed by atoms with Crippen LogP contribution in [0.4, 0.5) is 5.69 Å². The normalized spacial score (nSPS) is 9.60. The van der Waals surface area contributed by atoms with Crippen molar-refractivity contribution in [1.82, 2.24) is 19.9 Å². The molecule has 11 heteroatoms. The van der Waals surface area contributed by atoms with Crippen molar-refractivity contribution in [1.29, 1.82) is 0 Å². The Kier molecular flexibility index (Phi) is 4.43. The quantitative estimate of drug-likeness (QED) is 0.455. The maximum atomic E-state index is 11.7. The smallest absolute Gasteiger partial charge is 0.345 e. The van der Waals surface area contributed by atoms with Crippen LogP contribution in [0.5, 0.6) is 5.88 Å². The highest BCUT2D eigenvalue weighted by molar-refractivity contribution is 6.05. The van der Waals surface area contributed by atoms with Crippen molar-refractivity contribution in [3.05, 3.63) is 49.3 Å². The van der Waals surface area contributed by atoms with Crippen molar-refractivity contribution in [2.75, 3.05) is 5.32 Å². The summed E-state index contributed by atoms with van der Waals surface area (Å²) in [6.45, 7) is 0. The van der Waals surface area contributed by atoms with Gasteiger partial charge in [0.1, 0.15) is 0 Å². The predicted octanol–water partition coefficient (Wildman–Crippen LogP) is -1.47. The van der Waals surface area contributed by atoms with Crippen molar-refractivity contribution < 1.29 is 9.90 Å². The summed E-state index contributed by atoms with van der Waals surface area (Å²) in [5.74, 6) is -1.83. The monoisotopic (exact) mass is 301 g/mol. The van der Waals surface area contributed by atoms with Crippen LogP contribution in [0.3, 0.4) is 0 Å². The highest BCUT2D eigenvalue weighted by atomic mass is 35.5. The van der Waals surface area contributed by atoms with Crippen LogP contribution < -0.4 is 22.3 Å². The third-order valence-corrected chi connectivity index (χ3v) is 2.08. The van der Waals surface area contributed by atoms with Gasteiger partial charge in [-0.3, -0.25) is 19.6 Å². The van der Waals surface area contributed by atoms with Gasteiger partial charge in [0, 0.05) is 6.20 Å². The lowest BCUT2D eigenvalue weighted by molar-refractivity contribution is 0.102. The lowest BCUT2D eigenvalue weighted by atomic mass is 10.3. The summed E-state index contributed by atoms with van der Waals surface area (Å²) in [5, 5.41) is 11.6. The molecule has 106 valence electrons. The Morgan fingerprint density at radius 3 is 2.50 bits per heavy atom. The average molecular weight is 302 g/mol. The first-order valence-corrected chi connectivity index (χ1v) is 4.89. The number of carbonyl (C=O) groups excluding carboxylic acids is 1. The average Bonchev–Trinajstić information content (AvgIpc) is 2.30. The number of hydrogen-bond acceptors (Lipinski definition) is 6. The molecule has 20 heavy (non-hydrogen) atoms. The van der Waals surface area contributed by atoms with E-state index in [9.17, 15) is 24.3 Å². The van der Waals surface area contributed by atoms with E-state index in [1.807, 2.05) is 4.98 Å². The van der Waals surface area contributed by atoms with E-state index in [4.69, 9.17) is 0 Å². The molecule has 0 aliphatic rings. The summed E-state index contributed by atoms with van der Waals surface area (Å²) >= 11 is 0. The van der Waals surface area contributed by atoms with Gasteiger partial charge in [-0.1, -0.05) is 0 Å². The number of anilines is 1. The van der Waals surface area contributed by atoms with Gasteiger partial charge in [-0.15, -0.1) is 12.4 Å². The van der Waals surface area contributed by atoms with E-state index in [1.54, 1.807) is 4.98 Å². The summed E-state index contributed by atoms with van der Waals surface area (Å²) in [6, 6.07) is 0. The second-order valence-electron chi connectivity index (χ2n) is 3.39. The minimum absolute atomic E-state index is 0. The van der Waals surface area contributed by atoms with Crippen LogP contribution in [0.15, 0.2) is 26.8 Å². The molecule has 0 unspecified atom stereocenters. The van der Waals surface area contributed by atoms with Crippen LogP contribution in [0.25, 0.3) is 0 Å². The summed E-state index contributed by atoms with van der Waals surface area (Å²) < 4.78 is 0. The molecule has 0 saturated carbocycles. The van der Waals surface area contributed by atoms with Gasteiger partial charge in [-0.05, 0) is 0 Å². The number of nitrogens with one attached hydrogen (secondary N) is 4. The first kappa shape index (κ1) is 15.2. The summed E-state index contributed by atoms with van der Waals surface area (Å²) in [5.41, 5.74) is -3.15. The Morgan fingerprint density at radius 1 is 1.25 bits per heavy atom. The Bertz CT molecular complexity index is 787. The third-order valence-electron chi connectivity index (χ3n) is 2.08. The molecule has 2 aromatic rings. The molecule has 0 spiro atoms. The van der Waals surface area contributed by atoms with Gasteiger partial charge < -0.3 is 15.4 Å². The van der Waals surface area contributed by atoms with E-state index in [1.165, 1.54) is 0 Å². The molecule has 5 N–H and O–H groups in total. The number of H-pyrrole nitrogens is 3. The third kappa shape index (κ3) is 3.11. The molecule has 0 aromatic carbocycles. The van der Waals surface area contributed by atoms with E-state index in [0.29, 0.717) is 0 Å². The highest BCUT2D eigenvalue weighted by Gasteiger charge is 2.17. The summed E-state index contributed by atoms with van der Waals surface area (Å²) in [6.07, 6.45) is 2.22. The van der Waals surface area contributed by atoms with Crippen molar-refractivity contribution in [2.24, 2.45) is 0 Å². The number of hydrogen-bond donors (Lipinski definition) is 5. The first-order valence-electron chi connectivity index (χ1n) is 4.89. The van der Waals surface area contributed by atoms with Gasteiger partial charge in [-0.2, -0.15) is 4.98 Å². The molecule has 0 saturated heterocycles. The fraction of sp³-hybridized carbons (Fsp3) is 0. The van der Waals surface area contributed by atoms with Crippen LogP contribution in [0, 0.1) is 0 Å². The number of aromatic amines is 3. The molecule has 2 heterocycles. The molecular formula is C9H8ClN5O5. The number of amides is 1. The number of aromatic hydroxyl groups is 1. The molecule has 0 aliphatic heterocycles. The number of halogens is 1. The summed E-state index contributed by atoms with van der Waals surface area (Å²) in [4.78, 5) is 53.9. The van der Waals surface area contributed by atoms with Crippen molar-refractivity contribution in [3.63, 3.8) is 0 Å². The Morgan fingerprint density at radius 2 is 1.95 bits per heavy atom. The molecule has 2 rings (SSSR count). The minimum Gasteiger partial charge on any atom is -0.494 e. The molecule has 0 radical (unpaired) electrons. The van der Waals surface area contributed by atoms with Gasteiger partial charge in [0.25, 0.3) is 11.5 Å². The lowest BCUT2D eigenvalue weighted by Crippen LogP contribution is -2.30. The summed E-state index contributed by atoms with van der Waals surface area (Å²) in [7, 11) is 0. The van der Waals surface area contributed by atoms with Crippen LogP contribution in [0.2, 0.25) is 0 Å². The van der Waals surface area contributed by atoms with Crippen molar-refractivity contribution in [2.45, 2.75) is 0 Å². The standard InChI is InChI=1S/C9H7N5O5.ClH/c15-5(12-3-1-10-8(18)11-2-3)4-6(16)13-9(19)14-7(4)17;/h1-2H,(H,12,15)(H,10,11,18)(H3,13,14,16,17,19);1H. The Labute approximate surface area is 115 Å². The largest absolute Gasteiger partial charge is 0.494 e. The molecule has 10 nitrogen and oxygen atoms in total.